The summed E-state index contributed by atoms with van der Waals surface area (Å²) in [5, 5.41) is 1.98. The summed E-state index contributed by atoms with van der Waals surface area (Å²) in [5.74, 6) is -0.436. The normalized spacial score (nSPS) is 11.2. The molecule has 4 N–H and O–H groups in total. The quantitative estimate of drug-likeness (QED) is 0.667. The van der Waals surface area contributed by atoms with Crippen LogP contribution in [0, 0.1) is 6.92 Å². The molecule has 0 saturated heterocycles. The number of primary amides is 1. The summed E-state index contributed by atoms with van der Waals surface area (Å²) in [6.45, 7) is 2.01. The zero-order valence-electron chi connectivity index (χ0n) is 9.73. The molecule has 0 atom stereocenters. The molecule has 3 rings (SSSR count). The molecule has 5 heteroatoms. The van der Waals surface area contributed by atoms with Crippen LogP contribution in [0.3, 0.4) is 0 Å². The van der Waals surface area contributed by atoms with E-state index in [1.54, 1.807) is 0 Å². The van der Waals surface area contributed by atoms with Crippen molar-refractivity contribution in [1.29, 1.82) is 0 Å². The van der Waals surface area contributed by atoms with E-state index in [0.717, 1.165) is 26.2 Å². The molecule has 0 radical (unpaired) electrons. The number of carbonyl (C=O) groups excluding carboxylic acids is 1. The molecule has 0 aliphatic heterocycles. The first-order valence-electron chi connectivity index (χ1n) is 5.46. The van der Waals surface area contributed by atoms with Crippen LogP contribution in [0.5, 0.6) is 0 Å². The molecule has 2 heterocycles. The SMILES string of the molecule is Cc1c2ccccc2nc2[se]c(C(N)=O)c(N)c12. The predicted octanol–water partition coefficient (Wildman–Crippen LogP) is 1.43. The molecule has 0 spiro atoms. The fraction of sp³-hybridized carbons (Fsp3) is 0.0769. The van der Waals surface area contributed by atoms with E-state index in [4.69, 9.17) is 11.5 Å². The van der Waals surface area contributed by atoms with Crippen molar-refractivity contribution in [2.24, 2.45) is 5.73 Å². The van der Waals surface area contributed by atoms with Gasteiger partial charge in [0.15, 0.2) is 0 Å². The van der Waals surface area contributed by atoms with Gasteiger partial charge in [0.2, 0.25) is 0 Å². The number of aryl methyl sites for hydroxylation is 1. The van der Waals surface area contributed by atoms with Crippen molar-refractivity contribution in [3.05, 3.63) is 34.3 Å². The minimum absolute atomic E-state index is 0.181. The number of hydrogen-bond donors (Lipinski definition) is 2. The van der Waals surface area contributed by atoms with Gasteiger partial charge in [0.1, 0.15) is 0 Å². The minimum atomic E-state index is -0.436. The summed E-state index contributed by atoms with van der Waals surface area (Å²) in [6.07, 6.45) is 0. The summed E-state index contributed by atoms with van der Waals surface area (Å²) in [6, 6.07) is 7.91. The number of nitrogen functional groups attached to an aromatic ring is 1. The van der Waals surface area contributed by atoms with E-state index in [1.807, 2.05) is 31.2 Å². The third-order valence-electron chi connectivity index (χ3n) is 3.06. The molecule has 4 nitrogen and oxygen atoms in total. The van der Waals surface area contributed by atoms with E-state index in [9.17, 15) is 4.79 Å². The summed E-state index contributed by atoms with van der Waals surface area (Å²) >= 11 is -0.181. The Morgan fingerprint density at radius 1 is 1.33 bits per heavy atom. The number of fused-ring (bicyclic) bond motifs is 2. The van der Waals surface area contributed by atoms with Crippen LogP contribution < -0.4 is 11.5 Å². The van der Waals surface area contributed by atoms with Gasteiger partial charge < -0.3 is 0 Å². The molecule has 0 aliphatic rings. The number of amides is 1. The van der Waals surface area contributed by atoms with Crippen molar-refractivity contribution < 1.29 is 4.79 Å². The number of para-hydroxylation sites is 1. The Balaban J connectivity index is 2.53. The van der Waals surface area contributed by atoms with E-state index in [1.165, 1.54) is 0 Å². The average molecular weight is 304 g/mol. The Labute approximate surface area is 109 Å². The Kier molecular flexibility index (Phi) is 2.40. The van der Waals surface area contributed by atoms with Crippen molar-refractivity contribution >= 4 is 46.8 Å². The molecule has 2 aromatic heterocycles. The Bertz CT molecular complexity index is 792. The van der Waals surface area contributed by atoms with Gasteiger partial charge in [0.05, 0.1) is 0 Å². The number of hydrogen-bond acceptors (Lipinski definition) is 3. The summed E-state index contributed by atoms with van der Waals surface area (Å²) in [5.41, 5.74) is 13.9. The Hall–Kier alpha value is -1.84. The van der Waals surface area contributed by atoms with Crippen molar-refractivity contribution in [3.8, 4) is 0 Å². The number of pyridine rings is 1. The molecule has 0 bridgehead atoms. The van der Waals surface area contributed by atoms with E-state index in [-0.39, 0.29) is 14.5 Å². The number of anilines is 1. The van der Waals surface area contributed by atoms with Crippen LogP contribution in [0.15, 0.2) is 24.3 Å². The molecule has 18 heavy (non-hydrogen) atoms. The fourth-order valence-electron chi connectivity index (χ4n) is 2.19. The molecular weight excluding hydrogens is 293 g/mol. The third-order valence-corrected chi connectivity index (χ3v) is 5.39. The number of benzene rings is 1. The molecule has 90 valence electrons. The molecule has 1 amide bonds. The maximum absolute atomic E-state index is 11.4. The van der Waals surface area contributed by atoms with Gasteiger partial charge in [-0.05, 0) is 0 Å². The zero-order chi connectivity index (χ0) is 12.9. The van der Waals surface area contributed by atoms with Crippen molar-refractivity contribution in [2.45, 2.75) is 6.92 Å². The summed E-state index contributed by atoms with van der Waals surface area (Å²) in [7, 11) is 0. The van der Waals surface area contributed by atoms with E-state index >= 15 is 0 Å². The second kappa shape index (κ2) is 3.83. The molecule has 0 unspecified atom stereocenters. The second-order valence-electron chi connectivity index (χ2n) is 4.14. The van der Waals surface area contributed by atoms with Gasteiger partial charge in [-0.1, -0.05) is 0 Å². The maximum atomic E-state index is 11.4. The fourth-order valence-corrected chi connectivity index (χ4v) is 4.32. The number of nitrogens with two attached hydrogens (primary N) is 2. The topological polar surface area (TPSA) is 82.0 Å². The van der Waals surface area contributed by atoms with Crippen LogP contribution in [-0.4, -0.2) is 25.4 Å². The molecule has 0 fully saturated rings. The Morgan fingerprint density at radius 3 is 2.78 bits per heavy atom. The summed E-state index contributed by atoms with van der Waals surface area (Å²) in [4.78, 5) is 16.0. The number of rotatable bonds is 1. The standard InChI is InChI=1S/C13H11N3OSe/c1-6-7-4-2-3-5-8(7)16-13-9(6)10(14)11(18-13)12(15)17/h2-5H,14H2,1H3,(H2,15,17). The first kappa shape index (κ1) is 11.3. The van der Waals surface area contributed by atoms with E-state index in [0.29, 0.717) is 10.1 Å². The molecule has 1 aromatic carbocycles. The summed E-state index contributed by atoms with van der Waals surface area (Å²) < 4.78 is 1.44. The molecule has 0 aliphatic carbocycles. The van der Waals surface area contributed by atoms with Gasteiger partial charge in [-0.2, -0.15) is 0 Å². The van der Waals surface area contributed by atoms with Gasteiger partial charge in [-0.15, -0.1) is 0 Å². The van der Waals surface area contributed by atoms with Gasteiger partial charge >= 0.3 is 109 Å². The van der Waals surface area contributed by atoms with Crippen molar-refractivity contribution in [1.82, 2.24) is 4.98 Å². The number of nitrogens with zero attached hydrogens (tertiary/aromatic N) is 1. The molecule has 0 saturated carbocycles. The van der Waals surface area contributed by atoms with Crippen LogP contribution in [0.2, 0.25) is 0 Å². The third kappa shape index (κ3) is 1.45. The average Bonchev–Trinajstić information content (AvgIpc) is 2.67. The van der Waals surface area contributed by atoms with Crippen LogP contribution in [-0.2, 0) is 0 Å². The van der Waals surface area contributed by atoms with Crippen molar-refractivity contribution in [2.75, 3.05) is 5.73 Å². The van der Waals surface area contributed by atoms with Crippen LogP contribution in [0.1, 0.15) is 14.8 Å². The Morgan fingerprint density at radius 2 is 2.06 bits per heavy atom. The van der Waals surface area contributed by atoms with Gasteiger partial charge in [-0.25, -0.2) is 0 Å². The monoisotopic (exact) mass is 305 g/mol. The number of aromatic nitrogens is 1. The van der Waals surface area contributed by atoms with Crippen LogP contribution in [0.25, 0.3) is 20.7 Å². The zero-order valence-corrected chi connectivity index (χ0v) is 11.4. The predicted molar refractivity (Wildman–Crippen MR) is 73.9 cm³/mol. The van der Waals surface area contributed by atoms with Gasteiger partial charge in [0, 0.05) is 0 Å². The van der Waals surface area contributed by atoms with Crippen LogP contribution in [0.4, 0.5) is 5.69 Å². The van der Waals surface area contributed by atoms with Crippen LogP contribution >= 0.6 is 0 Å². The van der Waals surface area contributed by atoms with E-state index < -0.39 is 5.91 Å². The van der Waals surface area contributed by atoms with Crippen molar-refractivity contribution in [3.63, 3.8) is 0 Å². The first-order valence-corrected chi connectivity index (χ1v) is 7.18. The van der Waals surface area contributed by atoms with Gasteiger partial charge in [-0.3, -0.25) is 0 Å². The molecular formula is C13H11N3OSe. The molecule has 3 aromatic rings. The van der Waals surface area contributed by atoms with E-state index in [2.05, 4.69) is 4.98 Å². The second-order valence-corrected chi connectivity index (χ2v) is 6.24. The van der Waals surface area contributed by atoms with Gasteiger partial charge in [0.25, 0.3) is 0 Å². The number of carbonyl (C=O) groups is 1. The first-order chi connectivity index (χ1) is 8.59.